The van der Waals surface area contributed by atoms with E-state index in [9.17, 15) is 40.7 Å². The number of nitrogens with zero attached hydrogens (tertiary/aromatic N) is 4. The van der Waals surface area contributed by atoms with Gasteiger partial charge in [0.25, 0.3) is 5.69 Å². The van der Waals surface area contributed by atoms with Crippen molar-refractivity contribution >= 4 is 17.1 Å². The Balaban J connectivity index is 2.14. The minimum absolute atomic E-state index is 0.0899. The van der Waals surface area contributed by atoms with Crippen molar-refractivity contribution in [2.45, 2.75) is 6.04 Å². The number of non-ortho nitro benzene ring substituents is 1. The number of hydrogen-bond acceptors (Lipinski definition) is 10. The summed E-state index contributed by atoms with van der Waals surface area (Å²) in [4.78, 5) is 20.5. The maximum absolute atomic E-state index is 11.3. The van der Waals surface area contributed by atoms with Gasteiger partial charge in [0.15, 0.2) is 5.69 Å². The first-order valence-corrected chi connectivity index (χ1v) is 8.55. The first-order valence-electron chi connectivity index (χ1n) is 8.55. The number of aromatic hydroxyl groups is 4. The van der Waals surface area contributed by atoms with E-state index in [-0.39, 0.29) is 28.3 Å². The van der Waals surface area contributed by atoms with Crippen LogP contribution in [0.25, 0.3) is 0 Å². The minimum atomic E-state index is -1.20. The smallest absolute Gasteiger partial charge is 0.303 e. The Hall–Kier alpha value is -4.74. The predicted octanol–water partition coefficient (Wildman–Crippen LogP) is 4.20. The van der Waals surface area contributed by atoms with Gasteiger partial charge in [0.1, 0.15) is 29.0 Å². The van der Waals surface area contributed by atoms with E-state index in [1.807, 2.05) is 0 Å². The topological polar surface area (TPSA) is 192 Å². The Morgan fingerprint density at radius 2 is 1.29 bits per heavy atom. The quantitative estimate of drug-likeness (QED) is 0.256. The first-order chi connectivity index (χ1) is 14.7. The first kappa shape index (κ1) is 21.0. The van der Waals surface area contributed by atoms with Crippen LogP contribution in [0.1, 0.15) is 17.2 Å². The van der Waals surface area contributed by atoms with E-state index in [0.717, 1.165) is 30.3 Å². The third-order valence-electron chi connectivity index (χ3n) is 4.26. The van der Waals surface area contributed by atoms with Gasteiger partial charge in [-0.05, 0) is 30.3 Å². The summed E-state index contributed by atoms with van der Waals surface area (Å²) in [6.07, 6.45) is 0. The molecule has 0 bridgehead atoms. The number of nitro groups is 2. The molecule has 0 amide bonds. The molecule has 0 aliphatic heterocycles. The highest BCUT2D eigenvalue weighted by Crippen LogP contribution is 2.41. The molecule has 0 aliphatic rings. The van der Waals surface area contributed by atoms with E-state index >= 15 is 0 Å². The van der Waals surface area contributed by atoms with Crippen molar-refractivity contribution < 1.29 is 30.3 Å². The summed E-state index contributed by atoms with van der Waals surface area (Å²) in [7, 11) is 0. The molecule has 0 spiro atoms. The van der Waals surface area contributed by atoms with Crippen LogP contribution in [-0.4, -0.2) is 30.3 Å². The average molecular weight is 426 g/mol. The van der Waals surface area contributed by atoms with Gasteiger partial charge >= 0.3 is 5.69 Å². The van der Waals surface area contributed by atoms with Crippen molar-refractivity contribution in [1.82, 2.24) is 0 Å². The van der Waals surface area contributed by atoms with Crippen LogP contribution in [0, 0.1) is 20.2 Å². The van der Waals surface area contributed by atoms with Crippen LogP contribution in [-0.2, 0) is 0 Å². The third kappa shape index (κ3) is 4.48. The second-order valence-electron chi connectivity index (χ2n) is 6.29. The lowest BCUT2D eigenvalue weighted by Gasteiger charge is -2.15. The molecule has 0 unspecified atom stereocenters. The third-order valence-corrected chi connectivity index (χ3v) is 4.26. The zero-order valence-corrected chi connectivity index (χ0v) is 15.5. The summed E-state index contributed by atoms with van der Waals surface area (Å²) in [5.74, 6) is -1.26. The molecular formula is C19H14N4O8. The number of benzene rings is 3. The van der Waals surface area contributed by atoms with Crippen molar-refractivity contribution in [1.29, 1.82) is 0 Å². The highest BCUT2D eigenvalue weighted by Gasteiger charge is 2.23. The lowest BCUT2D eigenvalue weighted by molar-refractivity contribution is -0.393. The zero-order chi connectivity index (χ0) is 22.7. The molecule has 0 saturated heterocycles. The lowest BCUT2D eigenvalue weighted by atomic mass is 9.97. The van der Waals surface area contributed by atoms with Gasteiger partial charge in [0, 0.05) is 29.3 Å². The average Bonchev–Trinajstić information content (AvgIpc) is 2.70. The molecule has 0 radical (unpaired) electrons. The van der Waals surface area contributed by atoms with Gasteiger partial charge in [-0.25, -0.2) is 0 Å². The summed E-state index contributed by atoms with van der Waals surface area (Å²) >= 11 is 0. The Morgan fingerprint density at radius 1 is 0.742 bits per heavy atom. The van der Waals surface area contributed by atoms with Crippen LogP contribution in [0.5, 0.6) is 23.0 Å². The minimum Gasteiger partial charge on any atom is -0.508 e. The summed E-state index contributed by atoms with van der Waals surface area (Å²) < 4.78 is 0. The fourth-order valence-electron chi connectivity index (χ4n) is 2.79. The number of hydrogen-bond donors (Lipinski definition) is 4. The monoisotopic (exact) mass is 426 g/mol. The molecule has 0 aliphatic carbocycles. The molecule has 0 atom stereocenters. The van der Waals surface area contributed by atoms with Crippen molar-refractivity contribution in [3.63, 3.8) is 0 Å². The number of nitro benzene ring substituents is 2. The van der Waals surface area contributed by atoms with Crippen LogP contribution in [0.2, 0.25) is 0 Å². The Labute approximate surface area is 173 Å². The van der Waals surface area contributed by atoms with Gasteiger partial charge < -0.3 is 20.4 Å². The van der Waals surface area contributed by atoms with E-state index in [2.05, 4.69) is 10.2 Å². The maximum Gasteiger partial charge on any atom is 0.303 e. The van der Waals surface area contributed by atoms with Gasteiger partial charge in [-0.1, -0.05) is 0 Å². The number of phenolic OH excluding ortho intramolecular Hbond substituents is 4. The molecule has 0 aromatic heterocycles. The van der Waals surface area contributed by atoms with Crippen LogP contribution in [0.15, 0.2) is 64.8 Å². The molecule has 0 heterocycles. The molecule has 3 aromatic rings. The second-order valence-corrected chi connectivity index (χ2v) is 6.29. The molecular weight excluding hydrogens is 412 g/mol. The van der Waals surface area contributed by atoms with E-state index in [1.54, 1.807) is 0 Å². The molecule has 12 heteroatoms. The van der Waals surface area contributed by atoms with Crippen LogP contribution < -0.4 is 0 Å². The highest BCUT2D eigenvalue weighted by atomic mass is 16.6. The Bertz CT molecular complexity index is 1160. The van der Waals surface area contributed by atoms with Crippen LogP contribution in [0.3, 0.4) is 0 Å². The fraction of sp³-hybridized carbons (Fsp3) is 0.0526. The lowest BCUT2D eigenvalue weighted by Crippen LogP contribution is -1.99. The molecule has 3 rings (SSSR count). The molecule has 3 aromatic carbocycles. The van der Waals surface area contributed by atoms with Gasteiger partial charge in [-0.3, -0.25) is 20.2 Å². The fourth-order valence-corrected chi connectivity index (χ4v) is 2.79. The SMILES string of the molecule is O=[N+]([O-])c1ccc(N=NC(c2ccc(O)cc2O)c2ccc(O)cc2O)c([N+](=O)[O-])c1. The van der Waals surface area contributed by atoms with Gasteiger partial charge in [-0.15, -0.1) is 5.11 Å². The predicted molar refractivity (Wildman–Crippen MR) is 106 cm³/mol. The second kappa shape index (κ2) is 8.32. The van der Waals surface area contributed by atoms with Crippen molar-refractivity contribution in [3.8, 4) is 23.0 Å². The van der Waals surface area contributed by atoms with Crippen LogP contribution in [0.4, 0.5) is 17.1 Å². The van der Waals surface area contributed by atoms with E-state index in [0.29, 0.717) is 0 Å². The molecule has 4 N–H and O–H groups in total. The van der Waals surface area contributed by atoms with Crippen molar-refractivity contribution in [2.24, 2.45) is 10.2 Å². The molecule has 158 valence electrons. The normalized spacial score (nSPS) is 11.1. The van der Waals surface area contributed by atoms with Gasteiger partial charge in [-0.2, -0.15) is 5.11 Å². The largest absolute Gasteiger partial charge is 0.508 e. The van der Waals surface area contributed by atoms with Gasteiger partial charge in [0.05, 0.1) is 15.9 Å². The maximum atomic E-state index is 11.3. The number of rotatable bonds is 6. The van der Waals surface area contributed by atoms with Crippen LogP contribution >= 0.6 is 0 Å². The summed E-state index contributed by atoms with van der Waals surface area (Å²) in [5.41, 5.74) is -1.28. The van der Waals surface area contributed by atoms with E-state index in [4.69, 9.17) is 0 Å². The molecule has 0 saturated carbocycles. The summed E-state index contributed by atoms with van der Waals surface area (Å²) in [6.45, 7) is 0. The summed E-state index contributed by atoms with van der Waals surface area (Å²) in [5, 5.41) is 69.5. The van der Waals surface area contributed by atoms with Crippen molar-refractivity contribution in [2.75, 3.05) is 0 Å². The highest BCUT2D eigenvalue weighted by molar-refractivity contribution is 5.61. The zero-order valence-electron chi connectivity index (χ0n) is 15.5. The van der Waals surface area contributed by atoms with E-state index in [1.165, 1.54) is 24.3 Å². The Kier molecular flexibility index (Phi) is 5.63. The standard InChI is InChI=1S/C19H14N4O8/c24-11-2-4-13(17(26)8-11)19(14-5-3-12(25)9-18(14)27)21-20-15-6-1-10(22(28)29)7-16(15)23(30)31/h1-9,19,24-27H. The molecule has 0 fully saturated rings. The van der Waals surface area contributed by atoms with E-state index < -0.39 is 38.8 Å². The van der Waals surface area contributed by atoms with Gasteiger partial charge in [0.2, 0.25) is 0 Å². The van der Waals surface area contributed by atoms with Crippen molar-refractivity contribution in [3.05, 3.63) is 86.0 Å². The summed E-state index contributed by atoms with van der Waals surface area (Å²) in [6, 6.07) is 8.79. The Morgan fingerprint density at radius 3 is 1.74 bits per heavy atom. The molecule has 12 nitrogen and oxygen atoms in total. The number of azo groups is 1. The molecule has 31 heavy (non-hydrogen) atoms. The number of phenols is 4.